The Morgan fingerprint density at radius 3 is 2.21 bits per heavy atom. The first-order chi connectivity index (χ1) is 16.0. The minimum absolute atomic E-state index is 0.0202. The topological polar surface area (TPSA) is 160 Å². The second-order valence-corrected chi connectivity index (χ2v) is 8.81. The Kier molecular flexibility index (Phi) is 13.4. The molecule has 3 rings (SSSR count). The van der Waals surface area contributed by atoms with E-state index in [2.05, 4.69) is 21.4 Å². The number of nitrogens with zero attached hydrogens (tertiary/aromatic N) is 3. The highest BCUT2D eigenvalue weighted by Gasteiger charge is 2.31. The fourth-order valence-electron chi connectivity index (χ4n) is 4.15. The van der Waals surface area contributed by atoms with Gasteiger partial charge in [0.25, 0.3) is 11.9 Å². The van der Waals surface area contributed by atoms with E-state index in [9.17, 15) is 4.79 Å². The monoisotopic (exact) mass is 483 g/mol. The van der Waals surface area contributed by atoms with E-state index in [4.69, 9.17) is 30.3 Å². The number of carboxylic acids is 2. The number of likely N-dealkylation sites (tertiary alicyclic amines) is 1. The van der Waals surface area contributed by atoms with E-state index in [0.29, 0.717) is 19.1 Å². The van der Waals surface area contributed by atoms with Gasteiger partial charge < -0.3 is 26.0 Å². The van der Waals surface area contributed by atoms with Crippen LogP contribution in [0.25, 0.3) is 0 Å². The van der Waals surface area contributed by atoms with E-state index in [1.165, 1.54) is 0 Å². The second-order valence-electron chi connectivity index (χ2n) is 8.81. The molecular formula is C23H41N5O6. The zero-order valence-corrected chi connectivity index (χ0v) is 20.8. The smallest absolute Gasteiger partial charge is 0.300 e. The molecule has 1 amide bonds. The Morgan fingerprint density at radius 2 is 1.68 bits per heavy atom. The highest BCUT2D eigenvalue weighted by atomic mass is 16.5. The Morgan fingerprint density at radius 1 is 1.09 bits per heavy atom. The van der Waals surface area contributed by atoms with Crippen LogP contribution in [0.3, 0.4) is 0 Å². The van der Waals surface area contributed by atoms with Crippen molar-refractivity contribution in [1.29, 1.82) is 0 Å². The van der Waals surface area contributed by atoms with Crippen LogP contribution in [0.5, 0.6) is 0 Å². The average molecular weight is 484 g/mol. The molecule has 1 aromatic heterocycles. The predicted octanol–water partition coefficient (Wildman–Crippen LogP) is 1.02. The van der Waals surface area contributed by atoms with Crippen LogP contribution in [-0.2, 0) is 25.7 Å². The van der Waals surface area contributed by atoms with Crippen LogP contribution in [0.2, 0.25) is 0 Å². The molecule has 5 N–H and O–H groups in total. The number of carbonyl (C=O) groups excluding carboxylic acids is 1. The number of hydrogen-bond donors (Lipinski definition) is 4. The molecule has 11 heteroatoms. The molecule has 1 aromatic rings. The Balaban J connectivity index is 0.000000629. The van der Waals surface area contributed by atoms with Gasteiger partial charge >= 0.3 is 0 Å². The third kappa shape index (κ3) is 12.1. The van der Waals surface area contributed by atoms with E-state index in [0.717, 1.165) is 77.2 Å². The van der Waals surface area contributed by atoms with E-state index >= 15 is 0 Å². The fraction of sp³-hybridized carbons (Fsp3) is 0.739. The lowest BCUT2D eigenvalue weighted by molar-refractivity contribution is -0.135. The van der Waals surface area contributed by atoms with Crippen LogP contribution < -0.4 is 11.1 Å². The number of hydrogen-bond acceptors (Lipinski definition) is 7. The summed E-state index contributed by atoms with van der Waals surface area (Å²) < 4.78 is 7.44. The molecule has 0 saturated carbocycles. The van der Waals surface area contributed by atoms with E-state index in [1.807, 2.05) is 18.5 Å². The minimum Gasteiger partial charge on any atom is -0.481 e. The lowest BCUT2D eigenvalue weighted by Gasteiger charge is -2.35. The van der Waals surface area contributed by atoms with Crippen LogP contribution >= 0.6 is 0 Å². The summed E-state index contributed by atoms with van der Waals surface area (Å²) in [5, 5.41) is 22.4. The first kappa shape index (κ1) is 29.5. The predicted molar refractivity (Wildman–Crippen MR) is 127 cm³/mol. The first-order valence-corrected chi connectivity index (χ1v) is 11.7. The number of nitrogens with one attached hydrogen (secondary N) is 1. The first-order valence-electron chi connectivity index (χ1n) is 11.7. The van der Waals surface area contributed by atoms with Gasteiger partial charge in [0.2, 0.25) is 5.91 Å². The molecule has 0 aromatic carbocycles. The van der Waals surface area contributed by atoms with Crippen molar-refractivity contribution in [3.63, 3.8) is 0 Å². The van der Waals surface area contributed by atoms with Crippen molar-refractivity contribution >= 4 is 17.8 Å². The van der Waals surface area contributed by atoms with Crippen molar-refractivity contribution in [2.45, 2.75) is 72.0 Å². The normalized spacial score (nSPS) is 21.2. The lowest BCUT2D eigenvalue weighted by atomic mass is 10.0. The van der Waals surface area contributed by atoms with Crippen LogP contribution in [0, 0.1) is 19.8 Å². The highest BCUT2D eigenvalue weighted by molar-refractivity contribution is 5.78. The zero-order valence-electron chi connectivity index (χ0n) is 20.8. The maximum Gasteiger partial charge on any atom is 0.300 e. The zero-order chi connectivity index (χ0) is 25.7. The van der Waals surface area contributed by atoms with Crippen LogP contribution in [0.4, 0.5) is 0 Å². The summed E-state index contributed by atoms with van der Waals surface area (Å²) in [6.07, 6.45) is 3.86. The Labute approximate surface area is 201 Å². The lowest BCUT2D eigenvalue weighted by Crippen LogP contribution is -2.47. The Hall–Kier alpha value is -2.50. The third-order valence-corrected chi connectivity index (χ3v) is 5.61. The largest absolute Gasteiger partial charge is 0.481 e. The summed E-state index contributed by atoms with van der Waals surface area (Å²) in [5.74, 6) is -1.50. The summed E-state index contributed by atoms with van der Waals surface area (Å²) in [4.78, 5) is 33.2. The van der Waals surface area contributed by atoms with Gasteiger partial charge in [-0.2, -0.15) is 5.10 Å². The summed E-state index contributed by atoms with van der Waals surface area (Å²) in [7, 11) is 0. The maximum atomic E-state index is 12.7. The average Bonchev–Trinajstić information content (AvgIpc) is 2.93. The SMILES string of the molecule is CC(=O)O.CC(=O)O.Cc1cc(C)n(CCNC(=O)[C@@H]2CC[C@H](N)CN(C3CCOCC3)C2)n1. The van der Waals surface area contributed by atoms with Gasteiger partial charge in [-0.15, -0.1) is 0 Å². The number of rotatable bonds is 5. The van der Waals surface area contributed by atoms with Crippen LogP contribution in [0.15, 0.2) is 6.07 Å². The maximum absolute atomic E-state index is 12.7. The van der Waals surface area contributed by atoms with Crippen LogP contribution in [-0.4, -0.2) is 87.7 Å². The molecule has 2 fully saturated rings. The number of aromatic nitrogens is 2. The fourth-order valence-corrected chi connectivity index (χ4v) is 4.15. The quantitative estimate of drug-likeness (QED) is 0.479. The van der Waals surface area contributed by atoms with Gasteiger partial charge in [-0.3, -0.25) is 24.0 Å². The molecule has 34 heavy (non-hydrogen) atoms. The summed E-state index contributed by atoms with van der Waals surface area (Å²) >= 11 is 0. The highest BCUT2D eigenvalue weighted by Crippen LogP contribution is 2.22. The number of aliphatic carboxylic acids is 2. The molecular weight excluding hydrogens is 442 g/mol. The summed E-state index contributed by atoms with van der Waals surface area (Å²) in [5.41, 5.74) is 8.41. The van der Waals surface area contributed by atoms with E-state index < -0.39 is 11.9 Å². The molecule has 0 radical (unpaired) electrons. The number of nitrogens with two attached hydrogens (primary N) is 1. The number of amides is 1. The van der Waals surface area contributed by atoms with Crippen molar-refractivity contribution in [1.82, 2.24) is 20.0 Å². The molecule has 194 valence electrons. The van der Waals surface area contributed by atoms with Gasteiger partial charge in [-0.05, 0) is 45.6 Å². The molecule has 0 bridgehead atoms. The van der Waals surface area contributed by atoms with Gasteiger partial charge in [-0.1, -0.05) is 0 Å². The molecule has 11 nitrogen and oxygen atoms in total. The van der Waals surface area contributed by atoms with Crippen molar-refractivity contribution < 1.29 is 29.3 Å². The van der Waals surface area contributed by atoms with Gasteiger partial charge in [-0.25, -0.2) is 0 Å². The minimum atomic E-state index is -0.833. The number of carboxylic acid groups (broad SMARTS) is 2. The summed E-state index contributed by atoms with van der Waals surface area (Å²) in [6, 6.07) is 2.71. The van der Waals surface area contributed by atoms with Gasteiger partial charge in [0.15, 0.2) is 0 Å². The molecule has 0 aliphatic carbocycles. The van der Waals surface area contributed by atoms with Crippen LogP contribution in [0.1, 0.15) is 50.9 Å². The van der Waals surface area contributed by atoms with E-state index in [-0.39, 0.29) is 17.9 Å². The Bertz CT molecular complexity index is 758. The van der Waals surface area contributed by atoms with Crippen molar-refractivity contribution in [2.75, 3.05) is 32.8 Å². The van der Waals surface area contributed by atoms with E-state index in [1.54, 1.807) is 0 Å². The number of aryl methyl sites for hydroxylation is 2. The van der Waals surface area contributed by atoms with Gasteiger partial charge in [0, 0.05) is 64.5 Å². The number of carbonyl (C=O) groups is 3. The van der Waals surface area contributed by atoms with Crippen molar-refractivity contribution in [3.8, 4) is 0 Å². The molecule has 0 unspecified atom stereocenters. The van der Waals surface area contributed by atoms with Gasteiger partial charge in [0.1, 0.15) is 0 Å². The van der Waals surface area contributed by atoms with Crippen molar-refractivity contribution in [2.24, 2.45) is 11.7 Å². The van der Waals surface area contributed by atoms with Gasteiger partial charge in [0.05, 0.1) is 18.2 Å². The molecule has 2 aliphatic heterocycles. The molecule has 3 heterocycles. The van der Waals surface area contributed by atoms with Crippen molar-refractivity contribution in [3.05, 3.63) is 17.5 Å². The standard InChI is InChI=1S/C19H33N5O2.2C2H4O2/c1-14-11-15(2)24(22-14)8-7-21-19(25)16-3-4-17(20)13-23(12-16)18-5-9-26-10-6-18;2*1-2(3)4/h11,16-18H,3-10,12-13,20H2,1-2H3,(H,21,25);2*1H3,(H,3,4)/t16-,17+;;/m1../s1. The number of ether oxygens (including phenoxy) is 1. The molecule has 2 atom stereocenters. The molecule has 0 spiro atoms. The molecule has 2 aliphatic rings. The second kappa shape index (κ2) is 15.4. The third-order valence-electron chi connectivity index (χ3n) is 5.61. The molecule has 2 saturated heterocycles. The summed E-state index contributed by atoms with van der Waals surface area (Å²) in [6.45, 7) is 10.8.